The molecule has 0 radical (unpaired) electrons. The Morgan fingerprint density at radius 3 is 1.82 bits per heavy atom. The van der Waals surface area contributed by atoms with Gasteiger partial charge in [-0.1, -0.05) is 90.5 Å². The molecule has 6 heteroatoms. The summed E-state index contributed by atoms with van der Waals surface area (Å²) in [5, 5.41) is 3.33. The first-order valence-corrected chi connectivity index (χ1v) is 13.2. The second-order valence-corrected chi connectivity index (χ2v) is 9.81. The molecule has 39 heavy (non-hydrogen) atoms. The molecule has 0 bridgehead atoms. The third-order valence-corrected chi connectivity index (χ3v) is 7.09. The number of amides is 2. The van der Waals surface area contributed by atoms with Crippen LogP contribution in [0.2, 0.25) is 5.02 Å². The van der Waals surface area contributed by atoms with Crippen LogP contribution in [0.25, 0.3) is 0 Å². The number of para-hydroxylation sites is 2. The van der Waals surface area contributed by atoms with E-state index in [1.807, 2.05) is 78.9 Å². The van der Waals surface area contributed by atoms with Gasteiger partial charge in [0.05, 0.1) is 17.5 Å². The Morgan fingerprint density at radius 1 is 0.692 bits per heavy atom. The number of benzene rings is 4. The number of allylic oxidation sites excluding steroid dienone is 2. The van der Waals surface area contributed by atoms with E-state index in [4.69, 9.17) is 11.6 Å². The van der Waals surface area contributed by atoms with E-state index in [1.54, 1.807) is 47.4 Å². The highest BCUT2D eigenvalue weighted by atomic mass is 35.5. The summed E-state index contributed by atoms with van der Waals surface area (Å²) in [6.45, 7) is 0. The van der Waals surface area contributed by atoms with Crippen LogP contribution in [0.4, 0.5) is 17.1 Å². The Balaban J connectivity index is 1.44. The Bertz CT molecular complexity index is 1460. The second kappa shape index (κ2) is 11.9. The number of carbonyl (C=O) groups excluding carboxylic acids is 3. The van der Waals surface area contributed by atoms with E-state index in [2.05, 4.69) is 5.32 Å². The maximum Gasteiger partial charge on any atom is 0.235 e. The molecule has 0 saturated carbocycles. The van der Waals surface area contributed by atoms with Crippen molar-refractivity contribution >= 4 is 46.3 Å². The van der Waals surface area contributed by atoms with Crippen LogP contribution in [0.15, 0.2) is 121 Å². The summed E-state index contributed by atoms with van der Waals surface area (Å²) in [6.07, 6.45) is 4.73. The zero-order valence-electron chi connectivity index (χ0n) is 21.2. The molecule has 1 aliphatic carbocycles. The van der Waals surface area contributed by atoms with Gasteiger partial charge >= 0.3 is 0 Å². The Hall–Kier alpha value is -4.48. The first-order valence-electron chi connectivity index (χ1n) is 12.8. The standard InChI is InChI=1S/C33H27ClN2O3/c34-24-20-21-30(29(22-24)31(37)23-12-4-1-5-13-23)35-32(38)27-18-10-11-19-28(27)33(39)36(25-14-6-2-7-15-25)26-16-8-3-9-17-26/h1-17,20-22,27-28H,18-19H2,(H,35,38). The van der Waals surface area contributed by atoms with Crippen molar-refractivity contribution in [1.82, 2.24) is 0 Å². The molecule has 2 unspecified atom stereocenters. The van der Waals surface area contributed by atoms with E-state index in [-0.39, 0.29) is 17.6 Å². The Morgan fingerprint density at radius 2 is 1.23 bits per heavy atom. The highest BCUT2D eigenvalue weighted by molar-refractivity contribution is 6.31. The highest BCUT2D eigenvalue weighted by Gasteiger charge is 2.37. The summed E-state index contributed by atoms with van der Waals surface area (Å²) < 4.78 is 0. The quantitative estimate of drug-likeness (QED) is 0.198. The number of anilines is 3. The molecule has 0 saturated heterocycles. The molecule has 0 aliphatic heterocycles. The van der Waals surface area contributed by atoms with Gasteiger partial charge < -0.3 is 5.32 Å². The lowest BCUT2D eigenvalue weighted by molar-refractivity contribution is -0.130. The van der Waals surface area contributed by atoms with E-state index >= 15 is 0 Å². The number of carbonyl (C=O) groups is 3. The fourth-order valence-corrected chi connectivity index (χ4v) is 5.06. The Kier molecular flexibility index (Phi) is 7.99. The third kappa shape index (κ3) is 5.84. The van der Waals surface area contributed by atoms with Crippen LogP contribution in [0.1, 0.15) is 28.8 Å². The van der Waals surface area contributed by atoms with Gasteiger partial charge in [-0.15, -0.1) is 0 Å². The van der Waals surface area contributed by atoms with Crippen molar-refractivity contribution in [2.75, 3.05) is 10.2 Å². The summed E-state index contributed by atoms with van der Waals surface area (Å²) >= 11 is 6.23. The first kappa shape index (κ1) is 26.1. The number of hydrogen-bond acceptors (Lipinski definition) is 3. The number of halogens is 1. The normalized spacial score (nSPS) is 16.3. The molecular formula is C33H27ClN2O3. The maximum atomic E-state index is 14.1. The van der Waals surface area contributed by atoms with Crippen molar-refractivity contribution in [2.45, 2.75) is 12.8 Å². The van der Waals surface area contributed by atoms with E-state index in [9.17, 15) is 14.4 Å². The van der Waals surface area contributed by atoms with Gasteiger partial charge in [0.1, 0.15) is 0 Å². The number of rotatable bonds is 7. The lowest BCUT2D eigenvalue weighted by Crippen LogP contribution is -2.41. The summed E-state index contributed by atoms with van der Waals surface area (Å²) in [4.78, 5) is 42.8. The van der Waals surface area contributed by atoms with Crippen molar-refractivity contribution in [3.63, 3.8) is 0 Å². The maximum absolute atomic E-state index is 14.1. The molecule has 0 spiro atoms. The fourth-order valence-electron chi connectivity index (χ4n) is 4.88. The Labute approximate surface area is 232 Å². The predicted molar refractivity (Wildman–Crippen MR) is 155 cm³/mol. The molecule has 0 fully saturated rings. The summed E-state index contributed by atoms with van der Waals surface area (Å²) in [5.74, 6) is -1.93. The van der Waals surface area contributed by atoms with Gasteiger partial charge in [0.15, 0.2) is 5.78 Å². The molecule has 194 valence electrons. The van der Waals surface area contributed by atoms with Crippen molar-refractivity contribution in [2.24, 2.45) is 11.8 Å². The minimum atomic E-state index is -0.618. The lowest BCUT2D eigenvalue weighted by Gasteiger charge is -2.32. The van der Waals surface area contributed by atoms with Crippen LogP contribution >= 0.6 is 11.6 Å². The predicted octanol–water partition coefficient (Wildman–Crippen LogP) is 7.46. The number of nitrogens with zero attached hydrogens (tertiary/aromatic N) is 1. The molecule has 1 N–H and O–H groups in total. The van der Waals surface area contributed by atoms with Crippen LogP contribution in [-0.2, 0) is 9.59 Å². The molecular weight excluding hydrogens is 508 g/mol. The largest absolute Gasteiger partial charge is 0.325 e. The van der Waals surface area contributed by atoms with Crippen molar-refractivity contribution < 1.29 is 14.4 Å². The minimum Gasteiger partial charge on any atom is -0.325 e. The van der Waals surface area contributed by atoms with E-state index in [0.29, 0.717) is 34.7 Å². The summed E-state index contributed by atoms with van der Waals surface area (Å²) in [7, 11) is 0. The van der Waals surface area contributed by atoms with Crippen LogP contribution < -0.4 is 10.2 Å². The van der Waals surface area contributed by atoms with Gasteiger partial charge in [0.2, 0.25) is 11.8 Å². The van der Waals surface area contributed by atoms with Crippen molar-refractivity contribution in [1.29, 1.82) is 0 Å². The number of hydrogen-bond donors (Lipinski definition) is 1. The highest BCUT2D eigenvalue weighted by Crippen LogP contribution is 2.35. The molecule has 0 aromatic heterocycles. The topological polar surface area (TPSA) is 66.5 Å². The minimum absolute atomic E-state index is 0.159. The number of nitrogens with one attached hydrogen (secondary N) is 1. The van der Waals surface area contributed by atoms with Gasteiger partial charge in [-0.05, 0) is 55.3 Å². The fraction of sp³-hybridized carbons (Fsp3) is 0.121. The van der Waals surface area contributed by atoms with E-state index < -0.39 is 11.8 Å². The zero-order valence-corrected chi connectivity index (χ0v) is 21.9. The monoisotopic (exact) mass is 534 g/mol. The molecule has 5 rings (SSSR count). The van der Waals surface area contributed by atoms with Crippen LogP contribution in [0, 0.1) is 11.8 Å². The number of ketones is 1. The van der Waals surface area contributed by atoms with Gasteiger partial charge in [0.25, 0.3) is 0 Å². The summed E-state index contributed by atoms with van der Waals surface area (Å²) in [5.41, 5.74) is 2.62. The zero-order chi connectivity index (χ0) is 27.2. The average molecular weight is 535 g/mol. The van der Waals surface area contributed by atoms with Crippen molar-refractivity contribution in [3.05, 3.63) is 137 Å². The second-order valence-electron chi connectivity index (χ2n) is 9.37. The van der Waals surface area contributed by atoms with Crippen molar-refractivity contribution in [3.8, 4) is 0 Å². The average Bonchev–Trinajstić information content (AvgIpc) is 2.99. The smallest absolute Gasteiger partial charge is 0.235 e. The van der Waals surface area contributed by atoms with Gasteiger partial charge in [0, 0.05) is 27.5 Å². The SMILES string of the molecule is O=C(c1ccccc1)c1cc(Cl)ccc1NC(=O)C1CC=CCC1C(=O)N(c1ccccc1)c1ccccc1. The third-order valence-electron chi connectivity index (χ3n) is 6.86. The molecule has 4 aromatic carbocycles. The molecule has 2 amide bonds. The van der Waals surface area contributed by atoms with Gasteiger partial charge in [-0.25, -0.2) is 0 Å². The molecule has 1 aliphatic rings. The van der Waals surface area contributed by atoms with Crippen LogP contribution in [-0.4, -0.2) is 17.6 Å². The molecule has 0 heterocycles. The van der Waals surface area contributed by atoms with Crippen LogP contribution in [0.3, 0.4) is 0 Å². The lowest BCUT2D eigenvalue weighted by atomic mass is 9.81. The summed E-state index contributed by atoms with van der Waals surface area (Å²) in [6, 6.07) is 32.5. The first-order chi connectivity index (χ1) is 19.0. The van der Waals surface area contributed by atoms with E-state index in [0.717, 1.165) is 11.4 Å². The van der Waals surface area contributed by atoms with Crippen LogP contribution in [0.5, 0.6) is 0 Å². The van der Waals surface area contributed by atoms with Gasteiger partial charge in [-0.2, -0.15) is 0 Å². The molecule has 5 nitrogen and oxygen atoms in total. The molecule has 2 atom stereocenters. The van der Waals surface area contributed by atoms with Gasteiger partial charge in [-0.3, -0.25) is 19.3 Å². The molecule has 4 aromatic rings. The van der Waals surface area contributed by atoms with E-state index in [1.165, 1.54) is 0 Å².